The minimum atomic E-state index is -0.852. The molecule has 5 nitrogen and oxygen atoms in total. The second-order valence-electron chi connectivity index (χ2n) is 6.57. The second-order valence-corrected chi connectivity index (χ2v) is 6.57. The van der Waals surface area contributed by atoms with Crippen LogP contribution in [0.15, 0.2) is 24.3 Å². The first kappa shape index (κ1) is 15.5. The number of benzene rings is 1. The number of carbonyl (C=O) groups is 2. The molecule has 0 fully saturated rings. The summed E-state index contributed by atoms with van der Waals surface area (Å²) in [6.07, 6.45) is 0.412. The molecule has 21 heavy (non-hydrogen) atoms. The van der Waals surface area contributed by atoms with Gasteiger partial charge in [0.25, 0.3) is 0 Å². The molecule has 0 saturated carbocycles. The molecule has 1 aliphatic rings. The molecule has 1 aromatic carbocycles. The molecular weight excluding hydrogens is 268 g/mol. The zero-order valence-electron chi connectivity index (χ0n) is 12.7. The standard InChI is InChI=1S/C16H22N2O3/c1-16(2,3)13(17)14(19)18-9-8-11(15(20)21)10-6-4-5-7-12(10)18/h4-7,11,13H,8-9,17H2,1-3H3,(H,20,21). The van der Waals surface area contributed by atoms with Crippen LogP contribution in [0.2, 0.25) is 0 Å². The molecular formula is C16H22N2O3. The van der Waals surface area contributed by atoms with E-state index in [4.69, 9.17) is 5.73 Å². The van der Waals surface area contributed by atoms with Crippen molar-refractivity contribution in [1.82, 2.24) is 0 Å². The molecule has 0 saturated heterocycles. The molecule has 0 aliphatic carbocycles. The summed E-state index contributed by atoms with van der Waals surface area (Å²) < 4.78 is 0. The Kier molecular flexibility index (Phi) is 4.05. The number of nitrogens with zero attached hydrogens (tertiary/aromatic N) is 1. The highest BCUT2D eigenvalue weighted by Gasteiger charge is 2.37. The van der Waals surface area contributed by atoms with Crippen LogP contribution < -0.4 is 10.6 Å². The molecule has 2 rings (SSSR count). The first-order chi connectivity index (χ1) is 9.73. The number of carboxylic acids is 1. The Hall–Kier alpha value is -1.88. The van der Waals surface area contributed by atoms with Crippen LogP contribution in [0.25, 0.3) is 0 Å². The molecule has 1 aromatic rings. The monoisotopic (exact) mass is 290 g/mol. The second kappa shape index (κ2) is 5.48. The predicted molar refractivity (Wildman–Crippen MR) is 81.2 cm³/mol. The van der Waals surface area contributed by atoms with Crippen molar-refractivity contribution in [2.24, 2.45) is 11.1 Å². The van der Waals surface area contributed by atoms with Crippen LogP contribution in [0.1, 0.15) is 38.7 Å². The van der Waals surface area contributed by atoms with Crippen molar-refractivity contribution in [2.75, 3.05) is 11.4 Å². The third-order valence-electron chi connectivity index (χ3n) is 4.01. The van der Waals surface area contributed by atoms with E-state index in [1.54, 1.807) is 23.1 Å². The first-order valence-electron chi connectivity index (χ1n) is 7.12. The fourth-order valence-electron chi connectivity index (χ4n) is 2.59. The van der Waals surface area contributed by atoms with Crippen molar-refractivity contribution < 1.29 is 14.7 Å². The molecule has 3 N–H and O–H groups in total. The van der Waals surface area contributed by atoms with Crippen molar-refractivity contribution >= 4 is 17.6 Å². The van der Waals surface area contributed by atoms with Gasteiger partial charge in [-0.1, -0.05) is 39.0 Å². The maximum absolute atomic E-state index is 12.6. The van der Waals surface area contributed by atoms with Crippen molar-refractivity contribution in [3.8, 4) is 0 Å². The quantitative estimate of drug-likeness (QED) is 0.872. The molecule has 2 atom stereocenters. The largest absolute Gasteiger partial charge is 0.481 e. The minimum absolute atomic E-state index is 0.154. The van der Waals surface area contributed by atoms with Gasteiger partial charge >= 0.3 is 5.97 Å². The number of hydrogen-bond donors (Lipinski definition) is 2. The maximum Gasteiger partial charge on any atom is 0.311 e. The van der Waals surface area contributed by atoms with Crippen molar-refractivity contribution in [3.05, 3.63) is 29.8 Å². The van der Waals surface area contributed by atoms with Crippen LogP contribution in [0, 0.1) is 5.41 Å². The van der Waals surface area contributed by atoms with Crippen molar-refractivity contribution in [1.29, 1.82) is 0 Å². The molecule has 2 unspecified atom stereocenters. The van der Waals surface area contributed by atoms with Crippen molar-refractivity contribution in [3.63, 3.8) is 0 Å². The van der Waals surface area contributed by atoms with Crippen LogP contribution in [0.5, 0.6) is 0 Å². The summed E-state index contributed by atoms with van der Waals surface area (Å²) in [7, 11) is 0. The summed E-state index contributed by atoms with van der Waals surface area (Å²) in [5.41, 5.74) is 7.08. The first-order valence-corrected chi connectivity index (χ1v) is 7.12. The molecule has 114 valence electrons. The third-order valence-corrected chi connectivity index (χ3v) is 4.01. The molecule has 5 heteroatoms. The van der Waals surface area contributed by atoms with Gasteiger partial charge in [-0.2, -0.15) is 0 Å². The van der Waals surface area contributed by atoms with Gasteiger partial charge in [0, 0.05) is 12.2 Å². The lowest BCUT2D eigenvalue weighted by Crippen LogP contribution is -2.52. The number of carboxylic acid groups (broad SMARTS) is 1. The summed E-state index contributed by atoms with van der Waals surface area (Å²) in [5, 5.41) is 9.32. The van der Waals surface area contributed by atoms with E-state index in [1.165, 1.54) is 0 Å². The zero-order valence-corrected chi connectivity index (χ0v) is 12.7. The number of hydrogen-bond acceptors (Lipinski definition) is 3. The Morgan fingerprint density at radius 3 is 2.52 bits per heavy atom. The number of nitrogens with two attached hydrogens (primary N) is 1. The van der Waals surface area contributed by atoms with Crippen LogP contribution in [-0.2, 0) is 9.59 Å². The maximum atomic E-state index is 12.6. The van der Waals surface area contributed by atoms with E-state index >= 15 is 0 Å². The molecule has 1 heterocycles. The third kappa shape index (κ3) is 2.93. The smallest absolute Gasteiger partial charge is 0.311 e. The number of rotatable bonds is 2. The number of carbonyl (C=O) groups excluding carboxylic acids is 1. The molecule has 0 radical (unpaired) electrons. The summed E-state index contributed by atoms with van der Waals surface area (Å²) in [6, 6.07) is 6.55. The van der Waals surface area contributed by atoms with Crippen molar-refractivity contribution in [2.45, 2.75) is 39.2 Å². The molecule has 1 aliphatic heterocycles. The van der Waals surface area contributed by atoms with Gasteiger partial charge in [0.05, 0.1) is 12.0 Å². The lowest BCUT2D eigenvalue weighted by Gasteiger charge is -2.37. The number of aliphatic carboxylic acids is 1. The summed E-state index contributed by atoms with van der Waals surface area (Å²) >= 11 is 0. The van der Waals surface area contributed by atoms with Gasteiger partial charge in [-0.3, -0.25) is 9.59 Å². The van der Waals surface area contributed by atoms with Gasteiger partial charge in [-0.05, 0) is 23.5 Å². The van der Waals surface area contributed by atoms with E-state index in [9.17, 15) is 14.7 Å². The van der Waals surface area contributed by atoms with Gasteiger partial charge in [0.2, 0.25) is 5.91 Å². The molecule has 1 amide bonds. The highest BCUT2D eigenvalue weighted by Crippen LogP contribution is 2.36. The summed E-state index contributed by atoms with van der Waals surface area (Å²) in [6.45, 7) is 6.15. The van der Waals surface area contributed by atoms with Gasteiger partial charge in [0.1, 0.15) is 0 Å². The Labute approximate surface area is 124 Å². The average Bonchev–Trinajstić information content (AvgIpc) is 2.43. The molecule has 0 spiro atoms. The van der Waals surface area contributed by atoms with E-state index < -0.39 is 17.9 Å². The van der Waals surface area contributed by atoms with Gasteiger partial charge < -0.3 is 15.7 Å². The van der Waals surface area contributed by atoms with E-state index in [0.717, 1.165) is 0 Å². The zero-order chi connectivity index (χ0) is 15.8. The van der Waals surface area contributed by atoms with Crippen LogP contribution in [0.4, 0.5) is 5.69 Å². The number of anilines is 1. The van der Waals surface area contributed by atoms with E-state index in [0.29, 0.717) is 24.2 Å². The average molecular weight is 290 g/mol. The minimum Gasteiger partial charge on any atom is -0.481 e. The fraction of sp³-hybridized carbons (Fsp3) is 0.500. The van der Waals surface area contributed by atoms with Crippen LogP contribution in [0.3, 0.4) is 0 Å². The molecule has 0 bridgehead atoms. The van der Waals surface area contributed by atoms with E-state index in [1.807, 2.05) is 26.8 Å². The number of amides is 1. The Bertz CT molecular complexity index is 563. The predicted octanol–water partition coefficient (Wildman–Crippen LogP) is 1.96. The Balaban J connectivity index is 2.38. The normalized spacial score (nSPS) is 19.8. The Morgan fingerprint density at radius 1 is 1.33 bits per heavy atom. The summed E-state index contributed by atoms with van der Waals surface area (Å²) in [5.74, 6) is -1.57. The SMILES string of the molecule is CC(C)(C)C(N)C(=O)N1CCC(C(=O)O)c2ccccc21. The molecule has 0 aromatic heterocycles. The van der Waals surface area contributed by atoms with Crippen LogP contribution >= 0.6 is 0 Å². The van der Waals surface area contributed by atoms with E-state index in [-0.39, 0.29) is 11.3 Å². The lowest BCUT2D eigenvalue weighted by atomic mass is 9.84. The van der Waals surface area contributed by atoms with Gasteiger partial charge in [0.15, 0.2) is 0 Å². The Morgan fingerprint density at radius 2 is 1.95 bits per heavy atom. The highest BCUT2D eigenvalue weighted by molar-refractivity contribution is 5.99. The topological polar surface area (TPSA) is 83.6 Å². The van der Waals surface area contributed by atoms with Crippen LogP contribution in [-0.4, -0.2) is 29.6 Å². The van der Waals surface area contributed by atoms with Gasteiger partial charge in [-0.25, -0.2) is 0 Å². The number of para-hydroxylation sites is 1. The number of fused-ring (bicyclic) bond motifs is 1. The van der Waals surface area contributed by atoms with E-state index in [2.05, 4.69) is 0 Å². The fourth-order valence-corrected chi connectivity index (χ4v) is 2.59. The highest BCUT2D eigenvalue weighted by atomic mass is 16.4. The summed E-state index contributed by atoms with van der Waals surface area (Å²) in [4.78, 5) is 25.6. The van der Waals surface area contributed by atoms with Gasteiger partial charge in [-0.15, -0.1) is 0 Å². The lowest BCUT2D eigenvalue weighted by molar-refractivity contribution is -0.139.